The van der Waals surface area contributed by atoms with Crippen molar-refractivity contribution in [2.75, 3.05) is 13.1 Å². The number of aliphatic hydroxyl groups is 1. The number of ether oxygens (including phenoxy) is 1. The minimum atomic E-state index is -1.15. The lowest BCUT2D eigenvalue weighted by atomic mass is 9.48. The van der Waals surface area contributed by atoms with Crippen LogP contribution in [0.15, 0.2) is 12.1 Å². The molecule has 5 heteroatoms. The number of nitrogens with zero attached hydrogens (tertiary/aromatic N) is 1. The van der Waals surface area contributed by atoms with Gasteiger partial charge in [0.15, 0.2) is 11.5 Å². The molecule has 1 aromatic rings. The van der Waals surface area contributed by atoms with Crippen LogP contribution in [0.2, 0.25) is 0 Å². The lowest BCUT2D eigenvalue weighted by Crippen LogP contribution is -2.77. The number of hydrogen-bond acceptors (Lipinski definition) is 5. The van der Waals surface area contributed by atoms with Crippen LogP contribution in [-0.2, 0) is 11.8 Å². The Kier molecular flexibility index (Phi) is 2.34. The van der Waals surface area contributed by atoms with Crippen LogP contribution in [0.1, 0.15) is 45.9 Å². The molecule has 4 N–H and O–H groups in total. The number of likely N-dealkylation sites (tertiary alicyclic amines) is 1. The van der Waals surface area contributed by atoms with Gasteiger partial charge in [0.2, 0.25) is 0 Å². The van der Waals surface area contributed by atoms with Crippen molar-refractivity contribution in [2.45, 2.75) is 67.7 Å². The molecule has 5 nitrogen and oxygen atoms in total. The van der Waals surface area contributed by atoms with Gasteiger partial charge < -0.3 is 20.7 Å². The molecule has 2 unspecified atom stereocenters. The highest BCUT2D eigenvalue weighted by molar-refractivity contribution is 5.62. The summed E-state index contributed by atoms with van der Waals surface area (Å²) in [5.74, 6) is 1.01. The van der Waals surface area contributed by atoms with E-state index in [4.69, 9.17) is 13.2 Å². The molecule has 0 aromatic heterocycles. The molecule has 0 amide bonds. The molecular weight excluding hydrogens is 316 g/mol. The molecule has 1 spiro atoms. The first-order chi connectivity index (χ1) is 12.9. The predicted molar refractivity (Wildman–Crippen MR) is 92.8 cm³/mol. The third-order valence-corrected chi connectivity index (χ3v) is 7.35. The number of phenolic OH excluding ortho intramolecular Hbond substituents is 1. The average molecular weight is 346 g/mol. The van der Waals surface area contributed by atoms with Gasteiger partial charge in [-0.05, 0) is 62.6 Å². The highest BCUT2D eigenvalue weighted by Gasteiger charge is 2.72. The van der Waals surface area contributed by atoms with E-state index in [1.165, 1.54) is 12.8 Å². The van der Waals surface area contributed by atoms with E-state index in [1.807, 2.05) is 6.07 Å². The fourth-order valence-corrected chi connectivity index (χ4v) is 5.99. The Labute approximate surface area is 150 Å². The second kappa shape index (κ2) is 4.51. The van der Waals surface area contributed by atoms with Crippen molar-refractivity contribution in [3.63, 3.8) is 0 Å². The molecule has 134 valence electrons. The number of benzene rings is 1. The van der Waals surface area contributed by atoms with Crippen molar-refractivity contribution >= 4 is 0 Å². The maximum Gasteiger partial charge on any atom is 0.165 e. The van der Waals surface area contributed by atoms with Crippen LogP contribution in [0.3, 0.4) is 0 Å². The van der Waals surface area contributed by atoms with E-state index in [2.05, 4.69) is 4.90 Å². The largest absolute Gasteiger partial charge is 0.504 e. The molecule has 2 bridgehead atoms. The zero-order chi connectivity index (χ0) is 18.7. The number of aromatic hydroxyl groups is 1. The number of piperidine rings is 1. The highest BCUT2D eigenvalue weighted by Crippen LogP contribution is 2.65. The Morgan fingerprint density at radius 3 is 3.00 bits per heavy atom. The molecule has 2 heterocycles. The first-order valence-corrected chi connectivity index (χ1v) is 9.49. The van der Waals surface area contributed by atoms with Crippen molar-refractivity contribution in [1.82, 2.24) is 4.90 Å². The number of hydrogen-bond donors (Lipinski definition) is 3. The molecule has 0 radical (unpaired) electrons. The van der Waals surface area contributed by atoms with Crippen LogP contribution >= 0.6 is 0 Å². The lowest BCUT2D eigenvalue weighted by molar-refractivity contribution is -0.189. The minimum absolute atomic E-state index is 0.0414. The van der Waals surface area contributed by atoms with Gasteiger partial charge in [0.05, 0.1) is 11.0 Å². The van der Waals surface area contributed by atoms with Crippen LogP contribution in [0, 0.1) is 5.92 Å². The molecule has 1 aromatic carbocycles. The molecule has 3 aliphatic carbocycles. The van der Waals surface area contributed by atoms with Gasteiger partial charge in [-0.2, -0.15) is 0 Å². The summed E-state index contributed by atoms with van der Waals surface area (Å²) in [4.78, 5) is 2.09. The van der Waals surface area contributed by atoms with Crippen LogP contribution in [0.25, 0.3) is 0 Å². The SMILES string of the molecule is [3H]C1C([3H])[C@]23c4c5ccc(O)c4O[C@H]2[C@H](N)CC[C@@]3(O)[C@@H](C5)N1CC1CC1. The molecule has 1 saturated heterocycles. The van der Waals surface area contributed by atoms with E-state index in [0.29, 0.717) is 30.9 Å². The van der Waals surface area contributed by atoms with Crippen molar-refractivity contribution in [2.24, 2.45) is 11.7 Å². The van der Waals surface area contributed by atoms with Crippen molar-refractivity contribution in [3.8, 4) is 11.5 Å². The third kappa shape index (κ3) is 1.61. The van der Waals surface area contributed by atoms with Gasteiger partial charge >= 0.3 is 0 Å². The van der Waals surface area contributed by atoms with Crippen LogP contribution in [0.4, 0.5) is 0 Å². The Balaban J connectivity index is 1.63. The summed E-state index contributed by atoms with van der Waals surface area (Å²) in [6.45, 7) is 0.0542. The van der Waals surface area contributed by atoms with Gasteiger partial charge in [0, 0.05) is 26.9 Å². The maximum absolute atomic E-state index is 12.2. The van der Waals surface area contributed by atoms with Gasteiger partial charge in [0.1, 0.15) is 6.10 Å². The number of nitrogens with two attached hydrogens (primary N) is 1. The number of rotatable bonds is 2. The standard InChI is InChI=1S/C20H26N2O3/c21-13-5-6-20(24)15-9-12-3-4-14(23)17-16(12)19(20,18(13)25-17)7-8-22(15)10-11-1-2-11/h3-4,11,13,15,18,23-24H,1-2,5-10,21H2/t13-,15-,18+,19+,20-/m1/s1/i7T,8T/t7?,8?,13-,15-,18+,19+,20-. The predicted octanol–water partition coefficient (Wildman–Crippen LogP) is 1.28. The van der Waals surface area contributed by atoms with E-state index in [0.717, 1.165) is 17.7 Å². The Bertz CT molecular complexity index is 834. The van der Waals surface area contributed by atoms with Gasteiger partial charge in [-0.1, -0.05) is 6.07 Å². The van der Waals surface area contributed by atoms with Crippen LogP contribution < -0.4 is 10.5 Å². The van der Waals surface area contributed by atoms with Gasteiger partial charge in [-0.15, -0.1) is 0 Å². The summed E-state index contributed by atoms with van der Waals surface area (Å²) in [7, 11) is 0. The second-order valence-electron chi connectivity index (χ2n) is 8.66. The Morgan fingerprint density at radius 1 is 1.36 bits per heavy atom. The summed E-state index contributed by atoms with van der Waals surface area (Å²) >= 11 is 0. The normalized spacial score (nSPS) is 51.4. The first-order valence-electron chi connectivity index (χ1n) is 10.6. The highest BCUT2D eigenvalue weighted by atomic mass is 16.5. The fourth-order valence-electron chi connectivity index (χ4n) is 5.99. The van der Waals surface area contributed by atoms with Crippen LogP contribution in [-0.4, -0.2) is 52.0 Å². The summed E-state index contributed by atoms with van der Waals surface area (Å²) in [6.07, 6.45) is 2.66. The van der Waals surface area contributed by atoms with Gasteiger partial charge in [-0.25, -0.2) is 0 Å². The van der Waals surface area contributed by atoms with Crippen LogP contribution in [0.5, 0.6) is 11.5 Å². The van der Waals surface area contributed by atoms with E-state index in [-0.39, 0.29) is 17.8 Å². The maximum atomic E-state index is 12.2. The van der Waals surface area contributed by atoms with Crippen molar-refractivity contribution in [1.29, 1.82) is 0 Å². The Hall–Kier alpha value is -1.30. The first kappa shape index (κ1) is 13.0. The minimum Gasteiger partial charge on any atom is -0.504 e. The van der Waals surface area contributed by atoms with E-state index in [1.54, 1.807) is 6.07 Å². The molecule has 6 rings (SSSR count). The quantitative estimate of drug-likeness (QED) is 0.752. The summed E-state index contributed by atoms with van der Waals surface area (Å²) < 4.78 is 24.2. The third-order valence-electron chi connectivity index (χ3n) is 7.35. The van der Waals surface area contributed by atoms with E-state index < -0.39 is 30.0 Å². The molecule has 5 aliphatic rings. The van der Waals surface area contributed by atoms with Gasteiger partial charge in [0.25, 0.3) is 0 Å². The van der Waals surface area contributed by atoms with E-state index in [9.17, 15) is 10.2 Å². The lowest BCUT2D eigenvalue weighted by Gasteiger charge is -2.64. The molecule has 7 atom stereocenters. The number of phenols is 1. The zero-order valence-corrected chi connectivity index (χ0v) is 14.2. The summed E-state index contributed by atoms with van der Waals surface area (Å²) in [6, 6.07) is 3.03. The molecular formula is C20H26N2O3. The summed E-state index contributed by atoms with van der Waals surface area (Å²) in [5, 5.41) is 22.6. The fraction of sp³-hybridized carbons (Fsp3) is 0.700. The van der Waals surface area contributed by atoms with Crippen molar-refractivity contribution in [3.05, 3.63) is 23.3 Å². The molecule has 25 heavy (non-hydrogen) atoms. The topological polar surface area (TPSA) is 79.0 Å². The zero-order valence-electron chi connectivity index (χ0n) is 16.2. The van der Waals surface area contributed by atoms with E-state index >= 15 is 0 Å². The van der Waals surface area contributed by atoms with Gasteiger partial charge in [-0.3, -0.25) is 4.90 Å². The second-order valence-corrected chi connectivity index (χ2v) is 8.66. The average Bonchev–Trinajstić information content (AvgIpc) is 3.38. The molecule has 3 fully saturated rings. The molecule has 2 saturated carbocycles. The summed E-state index contributed by atoms with van der Waals surface area (Å²) in [5.41, 5.74) is 6.02. The Morgan fingerprint density at radius 2 is 2.20 bits per heavy atom. The molecule has 2 aliphatic heterocycles. The van der Waals surface area contributed by atoms with Crippen molar-refractivity contribution < 1.29 is 17.7 Å². The smallest absolute Gasteiger partial charge is 0.165 e. The monoisotopic (exact) mass is 346 g/mol.